The highest BCUT2D eigenvalue weighted by Gasteiger charge is 1.85. The van der Waals surface area contributed by atoms with Crippen LogP contribution in [0.2, 0.25) is 0 Å². The van der Waals surface area contributed by atoms with E-state index in [1.165, 1.54) is 6.42 Å². The average Bonchev–Trinajstić information content (AvgIpc) is 1.69. The Balaban J connectivity index is 2.56. The maximum absolute atomic E-state index is 9.55. The van der Waals surface area contributed by atoms with Gasteiger partial charge in [0.05, 0.1) is 0 Å². The van der Waals surface area contributed by atoms with E-state index < -0.39 is 0 Å². The summed E-state index contributed by atoms with van der Waals surface area (Å²) in [4.78, 5) is 9.55. The van der Waals surface area contributed by atoms with Gasteiger partial charge in [-0.15, -0.1) is 0 Å². The maximum Gasteiger partial charge on any atom is 0.189 e. The molecule has 42 valence electrons. The van der Waals surface area contributed by atoms with Gasteiger partial charge >= 0.3 is 0 Å². The van der Waals surface area contributed by atoms with E-state index in [2.05, 4.69) is 6.92 Å². The van der Waals surface area contributed by atoms with Crippen LogP contribution in [0.4, 0.5) is 0 Å². The van der Waals surface area contributed by atoms with Gasteiger partial charge < -0.3 is 0 Å². The van der Waals surface area contributed by atoms with Crippen LogP contribution in [0.1, 0.15) is 26.2 Å². The summed E-state index contributed by atoms with van der Waals surface area (Å²) in [6, 6.07) is 0. The summed E-state index contributed by atoms with van der Waals surface area (Å²) in [5.74, 6) is 0. The van der Waals surface area contributed by atoms with E-state index in [1.807, 2.05) is 5.18 Å². The highest BCUT2D eigenvalue weighted by atomic mass is 16.3. The Kier molecular flexibility index (Phi) is 5.28. The summed E-state index contributed by atoms with van der Waals surface area (Å²) >= 11 is 0. The second-order valence-electron chi connectivity index (χ2n) is 1.60. The van der Waals surface area contributed by atoms with Gasteiger partial charge in [-0.25, -0.2) is 0 Å². The zero-order chi connectivity index (χ0) is 5.54. The third kappa shape index (κ3) is 5.60. The number of hydrogen-bond donors (Lipinski definition) is 1. The van der Waals surface area contributed by atoms with Crippen molar-refractivity contribution >= 4 is 0 Å². The van der Waals surface area contributed by atoms with Crippen molar-refractivity contribution in [2.75, 3.05) is 6.54 Å². The van der Waals surface area contributed by atoms with E-state index in [9.17, 15) is 4.91 Å². The molecule has 0 aliphatic rings. The molecule has 0 heterocycles. The molecule has 0 aliphatic carbocycles. The molecule has 0 bridgehead atoms. The van der Waals surface area contributed by atoms with Crippen molar-refractivity contribution in [1.29, 1.82) is 0 Å². The zero-order valence-electron chi connectivity index (χ0n) is 4.74. The molecular formula is C5H12NO+. The lowest BCUT2D eigenvalue weighted by atomic mass is 10.3. The summed E-state index contributed by atoms with van der Waals surface area (Å²) in [6.45, 7) is 2.73. The minimum atomic E-state index is 0.619. The molecule has 0 amide bonds. The molecule has 0 aromatic heterocycles. The van der Waals surface area contributed by atoms with Crippen LogP contribution in [0.25, 0.3) is 0 Å². The van der Waals surface area contributed by atoms with Crippen molar-refractivity contribution in [3.8, 4) is 0 Å². The number of nitrogens with one attached hydrogen (secondary N) is 1. The van der Waals surface area contributed by atoms with Crippen LogP contribution in [0.3, 0.4) is 0 Å². The summed E-state index contributed by atoms with van der Waals surface area (Å²) in [5.41, 5.74) is 0. The topological polar surface area (TPSA) is 31.0 Å². The van der Waals surface area contributed by atoms with Gasteiger partial charge in [-0.2, -0.15) is 0 Å². The van der Waals surface area contributed by atoms with E-state index in [4.69, 9.17) is 0 Å². The Morgan fingerprint density at radius 1 is 1.43 bits per heavy atom. The lowest BCUT2D eigenvalue weighted by Crippen LogP contribution is -2.64. The SMILES string of the molecule is CCCCC[NH+]=O. The van der Waals surface area contributed by atoms with Gasteiger partial charge in [-0.1, -0.05) is 13.3 Å². The molecule has 0 spiro atoms. The second kappa shape index (κ2) is 5.60. The van der Waals surface area contributed by atoms with Crippen molar-refractivity contribution in [3.05, 3.63) is 4.91 Å². The lowest BCUT2D eigenvalue weighted by Gasteiger charge is -1.81. The summed E-state index contributed by atoms with van der Waals surface area (Å²) in [6.07, 6.45) is 3.36. The fourth-order valence-electron chi connectivity index (χ4n) is 0.447. The number of rotatable bonds is 4. The minimum Gasteiger partial charge on any atom is -0.0654 e. The van der Waals surface area contributed by atoms with Gasteiger partial charge in [0.1, 0.15) is 0 Å². The van der Waals surface area contributed by atoms with Crippen molar-refractivity contribution in [2.45, 2.75) is 26.2 Å². The first-order valence-electron chi connectivity index (χ1n) is 2.76. The quantitative estimate of drug-likeness (QED) is 0.498. The Labute approximate surface area is 43.9 Å². The van der Waals surface area contributed by atoms with E-state index >= 15 is 0 Å². The molecule has 2 heteroatoms. The van der Waals surface area contributed by atoms with Crippen LogP contribution >= 0.6 is 0 Å². The molecule has 0 saturated carbocycles. The van der Waals surface area contributed by atoms with Crippen LogP contribution in [0, 0.1) is 4.91 Å². The number of hydrogen-bond acceptors (Lipinski definition) is 1. The fourth-order valence-corrected chi connectivity index (χ4v) is 0.447. The minimum absolute atomic E-state index is 0.619. The Morgan fingerprint density at radius 2 is 2.14 bits per heavy atom. The lowest BCUT2D eigenvalue weighted by molar-refractivity contribution is -0.481. The number of nitroso groups, excluding NO2 is 1. The van der Waals surface area contributed by atoms with E-state index in [-0.39, 0.29) is 0 Å². The van der Waals surface area contributed by atoms with Crippen molar-refractivity contribution in [1.82, 2.24) is 0 Å². The molecular weight excluding hydrogens is 90.1 g/mol. The van der Waals surface area contributed by atoms with Crippen LogP contribution in [-0.4, -0.2) is 6.54 Å². The molecule has 0 aliphatic heterocycles. The smallest absolute Gasteiger partial charge is 0.0654 e. The largest absolute Gasteiger partial charge is 0.189 e. The molecule has 0 unspecified atom stereocenters. The average molecular weight is 102 g/mol. The maximum atomic E-state index is 9.55. The van der Waals surface area contributed by atoms with Crippen LogP contribution in [0.5, 0.6) is 0 Å². The first kappa shape index (κ1) is 6.60. The highest BCUT2D eigenvalue weighted by molar-refractivity contribution is 4.30. The molecule has 1 N–H and O–H groups in total. The third-order valence-electron chi connectivity index (χ3n) is 0.882. The summed E-state index contributed by atoms with van der Waals surface area (Å²) < 4.78 is 0. The Hall–Kier alpha value is -0.400. The van der Waals surface area contributed by atoms with Crippen LogP contribution in [0.15, 0.2) is 0 Å². The van der Waals surface area contributed by atoms with Crippen molar-refractivity contribution < 1.29 is 5.18 Å². The Morgan fingerprint density at radius 3 is 2.57 bits per heavy atom. The molecule has 0 rings (SSSR count). The van der Waals surface area contributed by atoms with Gasteiger partial charge in [0.25, 0.3) is 0 Å². The zero-order valence-corrected chi connectivity index (χ0v) is 4.74. The van der Waals surface area contributed by atoms with Gasteiger partial charge in [0.2, 0.25) is 0 Å². The summed E-state index contributed by atoms with van der Waals surface area (Å²) in [5, 5.41) is 1.85. The van der Waals surface area contributed by atoms with Gasteiger partial charge in [0.15, 0.2) is 6.54 Å². The van der Waals surface area contributed by atoms with Crippen molar-refractivity contribution in [2.24, 2.45) is 0 Å². The van der Waals surface area contributed by atoms with Crippen LogP contribution in [-0.2, 0) is 0 Å². The van der Waals surface area contributed by atoms with Crippen molar-refractivity contribution in [3.63, 3.8) is 0 Å². The molecule has 0 radical (unpaired) electrons. The molecule has 0 saturated heterocycles. The van der Waals surface area contributed by atoms with Gasteiger partial charge in [0, 0.05) is 11.3 Å². The second-order valence-corrected chi connectivity index (χ2v) is 1.60. The molecule has 0 fully saturated rings. The number of unbranched alkanes of at least 4 members (excludes halogenated alkanes) is 2. The first-order valence-corrected chi connectivity index (χ1v) is 2.76. The van der Waals surface area contributed by atoms with Crippen LogP contribution < -0.4 is 5.18 Å². The van der Waals surface area contributed by atoms with E-state index in [1.54, 1.807) is 0 Å². The normalized spacial score (nSPS) is 8.71. The molecule has 2 nitrogen and oxygen atoms in total. The molecule has 0 atom stereocenters. The molecule has 0 aromatic rings. The monoisotopic (exact) mass is 102 g/mol. The first-order chi connectivity index (χ1) is 3.41. The molecule has 0 aromatic carbocycles. The predicted molar refractivity (Wildman–Crippen MR) is 28.7 cm³/mol. The predicted octanol–water partition coefficient (Wildman–Crippen LogP) is 0.0236. The van der Waals surface area contributed by atoms with Gasteiger partial charge in [-0.3, -0.25) is 0 Å². The van der Waals surface area contributed by atoms with E-state index in [0.29, 0.717) is 6.54 Å². The third-order valence-corrected chi connectivity index (χ3v) is 0.882. The fraction of sp³-hybridized carbons (Fsp3) is 1.00. The molecule has 7 heavy (non-hydrogen) atoms. The Bertz CT molecular complexity index is 45.3. The summed E-state index contributed by atoms with van der Waals surface area (Å²) in [7, 11) is 0. The standard InChI is InChI=1S/C5H11NO/c1-2-3-4-5-6-7/h2-5H2,1H3/p+1. The highest BCUT2D eigenvalue weighted by Crippen LogP contribution is 1.87. The van der Waals surface area contributed by atoms with E-state index in [0.717, 1.165) is 12.8 Å². The van der Waals surface area contributed by atoms with Gasteiger partial charge in [-0.05, 0) is 11.6 Å².